The standard InChI is InChI=1S/C13H14FNO5/c14-10-5-7(16)1-3-9(10)12(17)15-6-8-2-4-11(20-8)13(18)19/h1,3,5,8,11,16H,2,4,6H2,(H,15,17)(H,18,19). The minimum atomic E-state index is -1.02. The lowest BCUT2D eigenvalue weighted by molar-refractivity contribution is -0.149. The number of aliphatic carboxylic acids is 1. The number of rotatable bonds is 4. The van der Waals surface area contributed by atoms with Gasteiger partial charge in [0.2, 0.25) is 0 Å². The van der Waals surface area contributed by atoms with Crippen molar-refractivity contribution >= 4 is 11.9 Å². The number of carbonyl (C=O) groups excluding carboxylic acids is 1. The normalized spacial score (nSPS) is 21.6. The Labute approximate surface area is 114 Å². The molecule has 0 radical (unpaired) electrons. The lowest BCUT2D eigenvalue weighted by Crippen LogP contribution is -2.33. The Morgan fingerprint density at radius 1 is 1.40 bits per heavy atom. The van der Waals surface area contributed by atoms with Crippen molar-refractivity contribution in [3.8, 4) is 5.75 Å². The minimum absolute atomic E-state index is 0.114. The summed E-state index contributed by atoms with van der Waals surface area (Å²) in [4.78, 5) is 22.4. The first-order valence-corrected chi connectivity index (χ1v) is 6.12. The van der Waals surface area contributed by atoms with E-state index in [2.05, 4.69) is 5.32 Å². The van der Waals surface area contributed by atoms with Gasteiger partial charge in [-0.05, 0) is 25.0 Å². The van der Waals surface area contributed by atoms with Gasteiger partial charge < -0.3 is 20.3 Å². The van der Waals surface area contributed by atoms with E-state index in [1.807, 2.05) is 0 Å². The van der Waals surface area contributed by atoms with Gasteiger partial charge in [-0.3, -0.25) is 4.79 Å². The van der Waals surface area contributed by atoms with Gasteiger partial charge in [-0.15, -0.1) is 0 Å². The summed E-state index contributed by atoms with van der Waals surface area (Å²) in [6.45, 7) is 0.114. The van der Waals surface area contributed by atoms with Gasteiger partial charge in [-0.1, -0.05) is 0 Å². The molecule has 0 saturated carbocycles. The molecule has 1 saturated heterocycles. The van der Waals surface area contributed by atoms with Crippen LogP contribution in [-0.4, -0.2) is 40.8 Å². The van der Waals surface area contributed by atoms with Crippen molar-refractivity contribution in [1.29, 1.82) is 0 Å². The first-order valence-electron chi connectivity index (χ1n) is 6.12. The van der Waals surface area contributed by atoms with Crippen molar-refractivity contribution < 1.29 is 28.9 Å². The Balaban J connectivity index is 1.88. The molecule has 20 heavy (non-hydrogen) atoms. The summed E-state index contributed by atoms with van der Waals surface area (Å²) < 4.78 is 18.6. The second-order valence-corrected chi connectivity index (χ2v) is 4.54. The van der Waals surface area contributed by atoms with Crippen LogP contribution in [0.4, 0.5) is 4.39 Å². The molecule has 2 atom stereocenters. The molecule has 2 rings (SSSR count). The second kappa shape index (κ2) is 5.87. The number of carboxylic acids is 1. The maximum absolute atomic E-state index is 13.4. The van der Waals surface area contributed by atoms with Crippen LogP contribution in [0.2, 0.25) is 0 Å². The SMILES string of the molecule is O=C(NCC1CCC(C(=O)O)O1)c1ccc(O)cc1F. The molecule has 3 N–H and O–H groups in total. The number of amides is 1. The van der Waals surface area contributed by atoms with Crippen molar-refractivity contribution in [2.75, 3.05) is 6.54 Å². The molecular weight excluding hydrogens is 269 g/mol. The van der Waals surface area contributed by atoms with E-state index >= 15 is 0 Å². The van der Waals surface area contributed by atoms with E-state index in [4.69, 9.17) is 14.9 Å². The molecule has 1 heterocycles. The van der Waals surface area contributed by atoms with Gasteiger partial charge in [0.05, 0.1) is 11.7 Å². The van der Waals surface area contributed by atoms with E-state index in [9.17, 15) is 14.0 Å². The van der Waals surface area contributed by atoms with Crippen molar-refractivity contribution in [3.05, 3.63) is 29.6 Å². The van der Waals surface area contributed by atoms with Crippen LogP contribution in [0.25, 0.3) is 0 Å². The number of benzene rings is 1. The number of phenols is 1. The number of aromatic hydroxyl groups is 1. The van der Waals surface area contributed by atoms with Crippen molar-refractivity contribution in [1.82, 2.24) is 5.32 Å². The maximum Gasteiger partial charge on any atom is 0.332 e. The van der Waals surface area contributed by atoms with Crippen LogP contribution in [-0.2, 0) is 9.53 Å². The molecule has 1 aromatic rings. The molecule has 0 aliphatic carbocycles. The van der Waals surface area contributed by atoms with Crippen LogP contribution < -0.4 is 5.32 Å². The van der Waals surface area contributed by atoms with Crippen LogP contribution >= 0.6 is 0 Å². The van der Waals surface area contributed by atoms with Gasteiger partial charge >= 0.3 is 5.97 Å². The fraction of sp³-hybridized carbons (Fsp3) is 0.385. The van der Waals surface area contributed by atoms with E-state index in [0.717, 1.165) is 6.07 Å². The Hall–Kier alpha value is -2.15. The predicted octanol–water partition coefficient (Wildman–Crippen LogP) is 0.893. The second-order valence-electron chi connectivity index (χ2n) is 4.54. The Bertz CT molecular complexity index is 533. The van der Waals surface area contributed by atoms with Gasteiger partial charge in [0.25, 0.3) is 5.91 Å². The number of carbonyl (C=O) groups is 2. The van der Waals surface area contributed by atoms with Crippen molar-refractivity contribution in [3.63, 3.8) is 0 Å². The fourth-order valence-electron chi connectivity index (χ4n) is 2.03. The third-order valence-corrected chi connectivity index (χ3v) is 3.07. The van der Waals surface area contributed by atoms with Crippen LogP contribution in [0, 0.1) is 5.82 Å². The van der Waals surface area contributed by atoms with Crippen LogP contribution in [0.3, 0.4) is 0 Å². The van der Waals surface area contributed by atoms with Gasteiger partial charge in [0.1, 0.15) is 11.6 Å². The van der Waals surface area contributed by atoms with Crippen LogP contribution in [0.15, 0.2) is 18.2 Å². The minimum Gasteiger partial charge on any atom is -0.508 e. The molecular formula is C13H14FNO5. The highest BCUT2D eigenvalue weighted by Gasteiger charge is 2.30. The molecule has 0 bridgehead atoms. The summed E-state index contributed by atoms with van der Waals surface area (Å²) >= 11 is 0. The third-order valence-electron chi connectivity index (χ3n) is 3.07. The lowest BCUT2D eigenvalue weighted by atomic mass is 10.1. The van der Waals surface area contributed by atoms with E-state index in [1.165, 1.54) is 12.1 Å². The number of phenolic OH excluding ortho intramolecular Hbond substituents is 1. The number of halogens is 1. The van der Waals surface area contributed by atoms with Gasteiger partial charge in [0, 0.05) is 12.6 Å². The van der Waals surface area contributed by atoms with Gasteiger partial charge in [-0.2, -0.15) is 0 Å². The Kier molecular flexibility index (Phi) is 4.19. The molecule has 1 amide bonds. The average Bonchev–Trinajstić information content (AvgIpc) is 2.85. The molecule has 1 aliphatic rings. The zero-order valence-electron chi connectivity index (χ0n) is 10.5. The van der Waals surface area contributed by atoms with Crippen LogP contribution in [0.5, 0.6) is 5.75 Å². The summed E-state index contributed by atoms with van der Waals surface area (Å²) in [6, 6.07) is 3.24. The molecule has 0 spiro atoms. The molecule has 7 heteroatoms. The number of nitrogens with one attached hydrogen (secondary N) is 1. The molecule has 6 nitrogen and oxygen atoms in total. The van der Waals surface area contributed by atoms with E-state index in [-0.39, 0.29) is 24.0 Å². The summed E-state index contributed by atoms with van der Waals surface area (Å²) in [6.07, 6.45) is -0.318. The number of carboxylic acid groups (broad SMARTS) is 1. The quantitative estimate of drug-likeness (QED) is 0.762. The predicted molar refractivity (Wildman–Crippen MR) is 65.9 cm³/mol. The number of hydrogen-bond acceptors (Lipinski definition) is 4. The summed E-state index contributed by atoms with van der Waals surface area (Å²) in [5.41, 5.74) is -0.185. The molecule has 2 unspecified atom stereocenters. The lowest BCUT2D eigenvalue weighted by Gasteiger charge is -2.12. The topological polar surface area (TPSA) is 95.9 Å². The maximum atomic E-state index is 13.4. The smallest absolute Gasteiger partial charge is 0.332 e. The van der Waals surface area contributed by atoms with Gasteiger partial charge in [0.15, 0.2) is 6.10 Å². The molecule has 0 aromatic heterocycles. The average molecular weight is 283 g/mol. The van der Waals surface area contributed by atoms with E-state index < -0.39 is 23.8 Å². The number of ether oxygens (including phenoxy) is 1. The highest BCUT2D eigenvalue weighted by atomic mass is 19.1. The first-order chi connectivity index (χ1) is 9.47. The fourth-order valence-corrected chi connectivity index (χ4v) is 2.03. The Morgan fingerprint density at radius 3 is 2.75 bits per heavy atom. The highest BCUT2D eigenvalue weighted by Crippen LogP contribution is 2.19. The zero-order valence-corrected chi connectivity index (χ0v) is 10.5. The van der Waals surface area contributed by atoms with Gasteiger partial charge in [-0.25, -0.2) is 9.18 Å². The zero-order chi connectivity index (χ0) is 14.7. The third kappa shape index (κ3) is 3.24. The monoisotopic (exact) mass is 283 g/mol. The van der Waals surface area contributed by atoms with Crippen LogP contribution in [0.1, 0.15) is 23.2 Å². The highest BCUT2D eigenvalue weighted by molar-refractivity contribution is 5.94. The summed E-state index contributed by atoms with van der Waals surface area (Å²) in [5, 5.41) is 20.3. The largest absolute Gasteiger partial charge is 0.508 e. The molecule has 1 fully saturated rings. The number of hydrogen-bond donors (Lipinski definition) is 3. The van der Waals surface area contributed by atoms with E-state index in [1.54, 1.807) is 0 Å². The first kappa shape index (κ1) is 14.3. The van der Waals surface area contributed by atoms with E-state index in [0.29, 0.717) is 12.8 Å². The summed E-state index contributed by atoms with van der Waals surface area (Å²) in [7, 11) is 0. The van der Waals surface area contributed by atoms with Crippen molar-refractivity contribution in [2.24, 2.45) is 0 Å². The molecule has 1 aromatic carbocycles. The molecule has 1 aliphatic heterocycles. The van der Waals surface area contributed by atoms with Crippen molar-refractivity contribution in [2.45, 2.75) is 25.0 Å². The molecule has 108 valence electrons. The Morgan fingerprint density at radius 2 is 2.15 bits per heavy atom. The summed E-state index contributed by atoms with van der Waals surface area (Å²) in [5.74, 6) is -2.74.